The molecular formula is C54H39N. The molecule has 0 amide bonds. The van der Waals surface area contributed by atoms with Gasteiger partial charge < -0.3 is 4.90 Å². The molecule has 0 unspecified atom stereocenters. The molecule has 1 nitrogen and oxygen atoms in total. The third-order valence-corrected chi connectivity index (χ3v) is 12.0. The van der Waals surface area contributed by atoms with Gasteiger partial charge in [-0.05, 0) is 114 Å². The first-order chi connectivity index (χ1) is 27.3. The molecule has 0 bridgehead atoms. The molecule has 9 aromatic carbocycles. The molecule has 1 heterocycles. The highest BCUT2D eigenvalue weighted by atomic mass is 15.2. The van der Waals surface area contributed by atoms with E-state index in [-0.39, 0.29) is 0 Å². The van der Waals surface area contributed by atoms with Gasteiger partial charge in [-0.2, -0.15) is 0 Å². The van der Waals surface area contributed by atoms with E-state index < -0.39 is 0 Å². The molecule has 260 valence electrons. The SMILES string of the molecule is C1=CC2=C(CC1)CCN2c1c2ccccc2c(-c2ccc(-c3c4ccccc4c(-c4ccccc4)c4cc(-c5ccccc5)ccc34)cc2)c2ccccc12. The van der Waals surface area contributed by atoms with Gasteiger partial charge >= 0.3 is 0 Å². The normalized spacial score (nSPS) is 14.1. The highest BCUT2D eigenvalue weighted by molar-refractivity contribution is 6.23. The van der Waals surface area contributed by atoms with Crippen LogP contribution in [0.25, 0.3) is 87.6 Å². The average Bonchev–Trinajstić information content (AvgIpc) is 3.69. The molecule has 1 aliphatic carbocycles. The summed E-state index contributed by atoms with van der Waals surface area (Å²) in [5.41, 5.74) is 14.4. The number of nitrogens with zero attached hydrogens (tertiary/aromatic N) is 1. The van der Waals surface area contributed by atoms with E-state index >= 15 is 0 Å². The van der Waals surface area contributed by atoms with E-state index in [9.17, 15) is 0 Å². The second-order valence-electron chi connectivity index (χ2n) is 15.0. The zero-order chi connectivity index (χ0) is 36.3. The van der Waals surface area contributed by atoms with Gasteiger partial charge in [0.2, 0.25) is 0 Å². The monoisotopic (exact) mass is 701 g/mol. The van der Waals surface area contributed by atoms with Crippen LogP contribution >= 0.6 is 0 Å². The second-order valence-corrected chi connectivity index (χ2v) is 15.0. The summed E-state index contributed by atoms with van der Waals surface area (Å²) in [7, 11) is 0. The van der Waals surface area contributed by atoms with Crippen LogP contribution in [0.5, 0.6) is 0 Å². The molecule has 0 spiro atoms. The smallest absolute Gasteiger partial charge is 0.0570 e. The molecule has 0 N–H and O–H groups in total. The summed E-state index contributed by atoms with van der Waals surface area (Å²) in [5.74, 6) is 0. The lowest BCUT2D eigenvalue weighted by molar-refractivity contribution is 0.899. The van der Waals surface area contributed by atoms with E-state index in [1.54, 1.807) is 5.57 Å². The number of hydrogen-bond donors (Lipinski definition) is 0. The van der Waals surface area contributed by atoms with Crippen molar-refractivity contribution in [3.05, 3.63) is 199 Å². The van der Waals surface area contributed by atoms with Crippen LogP contribution in [-0.2, 0) is 0 Å². The van der Waals surface area contributed by atoms with Gasteiger partial charge in [0, 0.05) is 23.0 Å². The van der Waals surface area contributed by atoms with Crippen LogP contribution in [0.3, 0.4) is 0 Å². The maximum absolute atomic E-state index is 2.60. The van der Waals surface area contributed by atoms with E-state index in [0.29, 0.717) is 0 Å². The van der Waals surface area contributed by atoms with E-state index in [1.165, 1.54) is 105 Å². The van der Waals surface area contributed by atoms with Crippen LogP contribution in [0.2, 0.25) is 0 Å². The molecule has 0 fully saturated rings. The average molecular weight is 702 g/mol. The lowest BCUT2D eigenvalue weighted by Gasteiger charge is -2.27. The maximum atomic E-state index is 2.60. The number of anilines is 1. The van der Waals surface area contributed by atoms with Crippen molar-refractivity contribution in [2.75, 3.05) is 11.4 Å². The predicted octanol–water partition coefficient (Wildman–Crippen LogP) is 14.8. The fourth-order valence-corrected chi connectivity index (χ4v) is 9.56. The van der Waals surface area contributed by atoms with Gasteiger partial charge in [0.15, 0.2) is 0 Å². The van der Waals surface area contributed by atoms with Crippen molar-refractivity contribution >= 4 is 48.8 Å². The van der Waals surface area contributed by atoms with Gasteiger partial charge in [-0.1, -0.05) is 176 Å². The first kappa shape index (κ1) is 31.8. The molecule has 0 aromatic heterocycles. The molecule has 9 aromatic rings. The minimum Gasteiger partial charge on any atom is -0.340 e. The van der Waals surface area contributed by atoms with Gasteiger partial charge in [0.1, 0.15) is 0 Å². The van der Waals surface area contributed by atoms with Crippen molar-refractivity contribution in [2.24, 2.45) is 0 Å². The molecule has 1 aliphatic heterocycles. The van der Waals surface area contributed by atoms with Gasteiger partial charge in [0.25, 0.3) is 0 Å². The van der Waals surface area contributed by atoms with Crippen LogP contribution in [-0.4, -0.2) is 6.54 Å². The molecule has 1 heteroatoms. The molecule has 0 atom stereocenters. The fourth-order valence-electron chi connectivity index (χ4n) is 9.56. The Bertz CT molecular complexity index is 2950. The van der Waals surface area contributed by atoms with E-state index in [4.69, 9.17) is 0 Å². The Morgan fingerprint density at radius 2 is 0.782 bits per heavy atom. The van der Waals surface area contributed by atoms with Crippen molar-refractivity contribution in [1.82, 2.24) is 0 Å². The topological polar surface area (TPSA) is 3.24 Å². The van der Waals surface area contributed by atoms with Crippen molar-refractivity contribution in [2.45, 2.75) is 19.3 Å². The number of fused-ring (bicyclic) bond motifs is 4. The van der Waals surface area contributed by atoms with E-state index in [2.05, 4.69) is 193 Å². The highest BCUT2D eigenvalue weighted by Crippen LogP contribution is 2.48. The molecule has 55 heavy (non-hydrogen) atoms. The Kier molecular flexibility index (Phi) is 7.52. The Balaban J connectivity index is 1.12. The molecule has 0 radical (unpaired) electrons. The summed E-state index contributed by atoms with van der Waals surface area (Å²) in [6.07, 6.45) is 8.19. The van der Waals surface area contributed by atoms with Gasteiger partial charge in [0.05, 0.1) is 5.69 Å². The molecule has 0 saturated carbocycles. The minimum absolute atomic E-state index is 1.04. The van der Waals surface area contributed by atoms with Crippen LogP contribution in [0.15, 0.2) is 199 Å². The van der Waals surface area contributed by atoms with Crippen molar-refractivity contribution < 1.29 is 0 Å². The number of allylic oxidation sites excluding steroid dienone is 2. The van der Waals surface area contributed by atoms with Crippen LogP contribution < -0.4 is 4.90 Å². The zero-order valence-corrected chi connectivity index (χ0v) is 30.7. The fraction of sp³-hybridized carbons (Fsp3) is 0.0741. The predicted molar refractivity (Wildman–Crippen MR) is 236 cm³/mol. The Morgan fingerprint density at radius 1 is 0.345 bits per heavy atom. The molecule has 2 aliphatic rings. The molecular weight excluding hydrogens is 663 g/mol. The number of hydrogen-bond acceptors (Lipinski definition) is 1. The number of rotatable bonds is 5. The van der Waals surface area contributed by atoms with Crippen LogP contribution in [0, 0.1) is 0 Å². The third kappa shape index (κ3) is 5.15. The Hall–Kier alpha value is -6.70. The Labute approximate surface area is 322 Å². The maximum Gasteiger partial charge on any atom is 0.0570 e. The summed E-state index contributed by atoms with van der Waals surface area (Å²) in [6, 6.07) is 65.2. The summed E-state index contributed by atoms with van der Waals surface area (Å²) >= 11 is 0. The second kappa shape index (κ2) is 13.0. The Morgan fingerprint density at radius 3 is 1.36 bits per heavy atom. The van der Waals surface area contributed by atoms with Gasteiger partial charge in [-0.15, -0.1) is 0 Å². The van der Waals surface area contributed by atoms with Gasteiger partial charge in [-0.25, -0.2) is 0 Å². The van der Waals surface area contributed by atoms with Crippen molar-refractivity contribution in [3.8, 4) is 44.5 Å². The quantitative estimate of drug-likeness (QED) is 0.162. The summed E-state index contributed by atoms with van der Waals surface area (Å²) in [6.45, 7) is 1.04. The third-order valence-electron chi connectivity index (χ3n) is 12.0. The summed E-state index contributed by atoms with van der Waals surface area (Å²) < 4.78 is 0. The van der Waals surface area contributed by atoms with Crippen LogP contribution in [0.1, 0.15) is 19.3 Å². The lowest BCUT2D eigenvalue weighted by Crippen LogP contribution is -2.18. The minimum atomic E-state index is 1.04. The lowest BCUT2D eigenvalue weighted by atomic mass is 9.84. The largest absolute Gasteiger partial charge is 0.340 e. The standard InChI is InChI=1S/C54H39N/c1-3-15-36(16-4-1)41-31-32-46-49(35-41)53(38-18-5-2-6-19-38)43-21-9-8-20-42(43)51(46)39-27-29-40(30-28-39)52-44-22-10-12-24-47(44)54(48-25-13-11-23-45(48)52)55-34-33-37-17-7-14-26-50(37)55/h1-6,8-16,18-32,35H,7,17,33-34H2. The van der Waals surface area contributed by atoms with Crippen LogP contribution in [0.4, 0.5) is 5.69 Å². The highest BCUT2D eigenvalue weighted by Gasteiger charge is 2.27. The van der Waals surface area contributed by atoms with E-state index in [1.807, 2.05) is 0 Å². The molecule has 11 rings (SSSR count). The number of benzene rings is 9. The summed E-state index contributed by atoms with van der Waals surface area (Å²) in [4.78, 5) is 2.60. The first-order valence-corrected chi connectivity index (χ1v) is 19.6. The summed E-state index contributed by atoms with van der Waals surface area (Å²) in [5, 5.41) is 10.3. The van der Waals surface area contributed by atoms with E-state index in [0.717, 1.165) is 19.4 Å². The van der Waals surface area contributed by atoms with Crippen molar-refractivity contribution in [3.63, 3.8) is 0 Å². The first-order valence-electron chi connectivity index (χ1n) is 19.6. The van der Waals surface area contributed by atoms with Crippen molar-refractivity contribution in [1.29, 1.82) is 0 Å². The molecule has 0 saturated heterocycles. The van der Waals surface area contributed by atoms with Gasteiger partial charge in [-0.3, -0.25) is 0 Å². The zero-order valence-electron chi connectivity index (χ0n) is 30.7.